The average Bonchev–Trinajstić information content (AvgIpc) is 2.89. The highest BCUT2D eigenvalue weighted by molar-refractivity contribution is 7.91. The second-order valence-corrected chi connectivity index (χ2v) is 7.05. The summed E-state index contributed by atoms with van der Waals surface area (Å²) in [5, 5.41) is 3.70. The van der Waals surface area contributed by atoms with Crippen LogP contribution in [0.3, 0.4) is 0 Å². The molecule has 19 heavy (non-hydrogen) atoms. The van der Waals surface area contributed by atoms with Gasteiger partial charge in [0, 0.05) is 0 Å². The van der Waals surface area contributed by atoms with E-state index in [1.807, 2.05) is 0 Å². The molecule has 0 spiro atoms. The fourth-order valence-electron chi connectivity index (χ4n) is 1.60. The van der Waals surface area contributed by atoms with Crippen molar-refractivity contribution in [3.8, 4) is 11.7 Å². The van der Waals surface area contributed by atoms with Gasteiger partial charge in [-0.1, -0.05) is 5.16 Å². The molecule has 2 aromatic rings. The number of aromatic nitrogens is 2. The van der Waals surface area contributed by atoms with Gasteiger partial charge in [-0.15, -0.1) is 0 Å². The van der Waals surface area contributed by atoms with Crippen molar-refractivity contribution < 1.29 is 17.4 Å². The summed E-state index contributed by atoms with van der Waals surface area (Å²) in [6, 6.07) is 3.39. The minimum absolute atomic E-state index is 0.0160. The Morgan fingerprint density at radius 1 is 1.47 bits per heavy atom. The Morgan fingerprint density at radius 3 is 2.89 bits per heavy atom. The monoisotopic (exact) mass is 283 g/mol. The molecule has 2 heterocycles. The van der Waals surface area contributed by atoms with Crippen molar-refractivity contribution in [1.82, 2.24) is 14.9 Å². The Morgan fingerprint density at radius 2 is 2.26 bits per heavy atom. The van der Waals surface area contributed by atoms with Crippen LogP contribution in [0.5, 0.6) is 0 Å². The molecular weight excluding hydrogens is 270 g/mol. The molecule has 3 rings (SSSR count). The minimum atomic E-state index is -3.32. The molecule has 8 heteroatoms. The van der Waals surface area contributed by atoms with Crippen LogP contribution in [0.1, 0.15) is 25.6 Å². The van der Waals surface area contributed by atoms with Crippen LogP contribution >= 0.6 is 0 Å². The zero-order valence-electron chi connectivity index (χ0n) is 10.3. The van der Waals surface area contributed by atoms with E-state index in [4.69, 9.17) is 8.94 Å². The highest BCUT2D eigenvalue weighted by Crippen LogP contribution is 2.42. The lowest BCUT2D eigenvalue weighted by atomic mass is 10.4. The normalized spacial score (nSPS) is 17.5. The third-order valence-corrected chi connectivity index (χ3v) is 5.45. The summed E-state index contributed by atoms with van der Waals surface area (Å²) < 4.78 is 35.8. The summed E-state index contributed by atoms with van der Waals surface area (Å²) in [5.41, 5.74) is 0. The zero-order chi connectivity index (χ0) is 13.5. The number of hydrogen-bond acceptors (Lipinski definition) is 6. The van der Waals surface area contributed by atoms with Gasteiger partial charge in [0.25, 0.3) is 5.89 Å². The Labute approximate surface area is 110 Å². The SMILES string of the molecule is CC1(S(=O)(=O)NCc2noc(-c3ccco3)n2)CC1. The van der Waals surface area contributed by atoms with Crippen molar-refractivity contribution in [2.24, 2.45) is 0 Å². The summed E-state index contributed by atoms with van der Waals surface area (Å²) in [7, 11) is -3.32. The van der Waals surface area contributed by atoms with Crippen molar-refractivity contribution in [3.63, 3.8) is 0 Å². The quantitative estimate of drug-likeness (QED) is 0.888. The second kappa shape index (κ2) is 4.17. The predicted octanol–water partition coefficient (Wildman–Crippen LogP) is 1.30. The molecule has 1 N–H and O–H groups in total. The smallest absolute Gasteiger partial charge is 0.293 e. The molecule has 0 bridgehead atoms. The van der Waals surface area contributed by atoms with Gasteiger partial charge in [-0.05, 0) is 31.9 Å². The number of nitrogens with zero attached hydrogens (tertiary/aromatic N) is 2. The summed E-state index contributed by atoms with van der Waals surface area (Å²) in [6.45, 7) is 1.74. The maximum Gasteiger partial charge on any atom is 0.293 e. The number of hydrogen-bond donors (Lipinski definition) is 1. The highest BCUT2D eigenvalue weighted by atomic mass is 32.2. The van der Waals surface area contributed by atoms with E-state index in [9.17, 15) is 8.42 Å². The molecule has 1 saturated carbocycles. The first-order valence-electron chi connectivity index (χ1n) is 5.86. The predicted molar refractivity (Wildman–Crippen MR) is 65.4 cm³/mol. The van der Waals surface area contributed by atoms with Gasteiger partial charge in [0.2, 0.25) is 10.0 Å². The topological polar surface area (TPSA) is 98.2 Å². The van der Waals surface area contributed by atoms with Gasteiger partial charge in [-0.2, -0.15) is 4.98 Å². The maximum atomic E-state index is 11.9. The van der Waals surface area contributed by atoms with Gasteiger partial charge < -0.3 is 8.94 Å². The lowest BCUT2D eigenvalue weighted by Crippen LogP contribution is -2.33. The number of sulfonamides is 1. The first-order valence-corrected chi connectivity index (χ1v) is 7.34. The third kappa shape index (κ3) is 2.28. The van der Waals surface area contributed by atoms with E-state index in [0.29, 0.717) is 18.6 Å². The summed E-state index contributed by atoms with van der Waals surface area (Å²) in [6.07, 6.45) is 2.87. The molecule has 0 atom stereocenters. The van der Waals surface area contributed by atoms with Crippen LogP contribution in [0.25, 0.3) is 11.7 Å². The third-order valence-electron chi connectivity index (χ3n) is 3.22. The molecular formula is C11H13N3O4S. The first kappa shape index (κ1) is 12.4. The van der Waals surface area contributed by atoms with Crippen molar-refractivity contribution in [2.45, 2.75) is 31.1 Å². The average molecular weight is 283 g/mol. The Kier molecular flexibility index (Phi) is 2.72. The van der Waals surface area contributed by atoms with E-state index in [1.165, 1.54) is 6.26 Å². The molecule has 0 saturated heterocycles. The standard InChI is InChI=1S/C11H13N3O4S/c1-11(4-5-11)19(15,16)12-7-9-13-10(18-14-9)8-3-2-6-17-8/h2-3,6,12H,4-5,7H2,1H3. The first-order chi connectivity index (χ1) is 9.00. The molecule has 0 aliphatic heterocycles. The molecule has 0 radical (unpaired) electrons. The molecule has 1 fully saturated rings. The largest absolute Gasteiger partial charge is 0.459 e. The Bertz CT molecular complexity index is 671. The van der Waals surface area contributed by atoms with E-state index in [-0.39, 0.29) is 18.3 Å². The van der Waals surface area contributed by atoms with E-state index >= 15 is 0 Å². The zero-order valence-corrected chi connectivity index (χ0v) is 11.1. The van der Waals surface area contributed by atoms with Gasteiger partial charge in [0.1, 0.15) is 0 Å². The maximum absolute atomic E-state index is 11.9. The lowest BCUT2D eigenvalue weighted by Gasteiger charge is -2.09. The van der Waals surface area contributed by atoms with Crippen molar-refractivity contribution in [1.29, 1.82) is 0 Å². The van der Waals surface area contributed by atoms with Gasteiger partial charge >= 0.3 is 0 Å². The molecule has 7 nitrogen and oxygen atoms in total. The fourth-order valence-corrected chi connectivity index (χ4v) is 2.91. The van der Waals surface area contributed by atoms with Crippen molar-refractivity contribution in [2.75, 3.05) is 0 Å². The van der Waals surface area contributed by atoms with E-state index in [1.54, 1.807) is 19.1 Å². The molecule has 0 aromatic carbocycles. The van der Waals surface area contributed by atoms with Crippen LogP contribution in [0.4, 0.5) is 0 Å². The molecule has 1 aliphatic carbocycles. The Hall–Kier alpha value is -1.67. The van der Waals surface area contributed by atoms with Gasteiger partial charge in [0.05, 0.1) is 17.6 Å². The van der Waals surface area contributed by atoms with Crippen LogP contribution in [0, 0.1) is 0 Å². The summed E-state index contributed by atoms with van der Waals surface area (Å²) >= 11 is 0. The molecule has 0 unspecified atom stereocenters. The van der Waals surface area contributed by atoms with Crippen molar-refractivity contribution in [3.05, 3.63) is 24.2 Å². The highest BCUT2D eigenvalue weighted by Gasteiger charge is 2.49. The summed E-state index contributed by atoms with van der Waals surface area (Å²) in [4.78, 5) is 4.06. The van der Waals surface area contributed by atoms with E-state index in [0.717, 1.165) is 0 Å². The van der Waals surface area contributed by atoms with Crippen LogP contribution in [-0.4, -0.2) is 23.3 Å². The molecule has 102 valence electrons. The number of rotatable bonds is 5. The van der Waals surface area contributed by atoms with Gasteiger partial charge in [0.15, 0.2) is 11.6 Å². The van der Waals surface area contributed by atoms with Gasteiger partial charge in [-0.3, -0.25) is 0 Å². The fraction of sp³-hybridized carbons (Fsp3) is 0.455. The van der Waals surface area contributed by atoms with E-state index in [2.05, 4.69) is 14.9 Å². The van der Waals surface area contributed by atoms with Crippen molar-refractivity contribution >= 4 is 10.0 Å². The Balaban J connectivity index is 1.68. The van der Waals surface area contributed by atoms with Crippen LogP contribution < -0.4 is 4.72 Å². The number of nitrogens with one attached hydrogen (secondary N) is 1. The molecule has 0 amide bonds. The lowest BCUT2D eigenvalue weighted by molar-refractivity contribution is 0.408. The van der Waals surface area contributed by atoms with Crippen LogP contribution in [0.2, 0.25) is 0 Å². The second-order valence-electron chi connectivity index (χ2n) is 4.77. The minimum Gasteiger partial charge on any atom is -0.459 e. The molecule has 1 aliphatic rings. The number of furan rings is 1. The summed E-state index contributed by atoms with van der Waals surface area (Å²) in [5.74, 6) is 0.965. The van der Waals surface area contributed by atoms with Crippen LogP contribution in [-0.2, 0) is 16.6 Å². The molecule has 2 aromatic heterocycles. The van der Waals surface area contributed by atoms with E-state index < -0.39 is 14.8 Å². The van der Waals surface area contributed by atoms with Crippen LogP contribution in [0.15, 0.2) is 27.3 Å². The van der Waals surface area contributed by atoms with Gasteiger partial charge in [-0.25, -0.2) is 13.1 Å².